The molecule has 0 aromatic heterocycles. The third-order valence-corrected chi connectivity index (χ3v) is 3.17. The summed E-state index contributed by atoms with van der Waals surface area (Å²) < 4.78 is 0. The Morgan fingerprint density at radius 1 is 1.47 bits per heavy atom. The molecule has 0 amide bonds. The predicted molar refractivity (Wildman–Crippen MR) is 67.7 cm³/mol. The molecule has 1 N–H and O–H groups in total. The van der Waals surface area contributed by atoms with Crippen LogP contribution in [-0.4, -0.2) is 17.7 Å². The van der Waals surface area contributed by atoms with Gasteiger partial charge in [-0.05, 0) is 25.8 Å². The molecule has 1 fully saturated rings. The molecule has 0 atom stereocenters. The van der Waals surface area contributed by atoms with Crippen molar-refractivity contribution in [3.05, 3.63) is 29.3 Å². The van der Waals surface area contributed by atoms with E-state index in [0.29, 0.717) is 12.5 Å². The Labute approximate surface area is 102 Å². The van der Waals surface area contributed by atoms with Crippen LogP contribution in [0.5, 0.6) is 0 Å². The number of anilines is 1. The van der Waals surface area contributed by atoms with Gasteiger partial charge in [-0.2, -0.15) is 5.26 Å². The normalized spacial score (nSPS) is 14.4. The molecule has 0 radical (unpaired) electrons. The van der Waals surface area contributed by atoms with Crippen molar-refractivity contribution in [2.24, 2.45) is 0 Å². The van der Waals surface area contributed by atoms with E-state index in [0.717, 1.165) is 23.4 Å². The van der Waals surface area contributed by atoms with Crippen LogP contribution < -0.4 is 4.90 Å². The maximum Gasteiger partial charge on any atom is 0.0702 e. The fourth-order valence-corrected chi connectivity index (χ4v) is 2.18. The van der Waals surface area contributed by atoms with Crippen LogP contribution in [0, 0.1) is 18.3 Å². The van der Waals surface area contributed by atoms with Crippen LogP contribution in [0.3, 0.4) is 0 Å². The van der Waals surface area contributed by atoms with E-state index in [1.54, 1.807) is 0 Å². The first-order valence-corrected chi connectivity index (χ1v) is 6.10. The van der Waals surface area contributed by atoms with E-state index in [1.165, 1.54) is 12.8 Å². The maximum absolute atomic E-state index is 9.43. The van der Waals surface area contributed by atoms with Crippen molar-refractivity contribution in [1.82, 2.24) is 0 Å². The number of rotatable bonds is 5. The van der Waals surface area contributed by atoms with E-state index in [9.17, 15) is 5.11 Å². The molecule has 3 nitrogen and oxygen atoms in total. The Balaban J connectivity index is 2.25. The van der Waals surface area contributed by atoms with Gasteiger partial charge in [0.1, 0.15) is 0 Å². The Morgan fingerprint density at radius 2 is 2.24 bits per heavy atom. The van der Waals surface area contributed by atoms with Gasteiger partial charge in [0.15, 0.2) is 0 Å². The largest absolute Gasteiger partial charge is 0.392 e. The molecule has 3 heteroatoms. The third kappa shape index (κ3) is 2.78. The van der Waals surface area contributed by atoms with Crippen molar-refractivity contribution >= 4 is 5.69 Å². The first-order valence-electron chi connectivity index (χ1n) is 6.10. The molecule has 0 saturated heterocycles. The van der Waals surface area contributed by atoms with E-state index < -0.39 is 0 Å². The van der Waals surface area contributed by atoms with Gasteiger partial charge in [-0.25, -0.2) is 0 Å². The van der Waals surface area contributed by atoms with Gasteiger partial charge in [-0.3, -0.25) is 0 Å². The lowest BCUT2D eigenvalue weighted by Crippen LogP contribution is -2.27. The molecule has 90 valence electrons. The summed E-state index contributed by atoms with van der Waals surface area (Å²) in [5.74, 6) is 0. The number of benzene rings is 1. The van der Waals surface area contributed by atoms with E-state index in [4.69, 9.17) is 5.26 Å². The summed E-state index contributed by atoms with van der Waals surface area (Å²) in [5, 5.41) is 18.1. The molecule has 1 aromatic rings. The summed E-state index contributed by atoms with van der Waals surface area (Å²) in [6, 6.07) is 8.92. The van der Waals surface area contributed by atoms with Gasteiger partial charge in [-0.1, -0.05) is 17.7 Å². The SMILES string of the molecule is Cc1ccc(N(CCC#N)C2CC2)c(CO)c1. The molecule has 0 aliphatic heterocycles. The van der Waals surface area contributed by atoms with Gasteiger partial charge in [-0.15, -0.1) is 0 Å². The summed E-state index contributed by atoms with van der Waals surface area (Å²) in [7, 11) is 0. The van der Waals surface area contributed by atoms with Crippen molar-refractivity contribution in [3.8, 4) is 6.07 Å². The van der Waals surface area contributed by atoms with Crippen molar-refractivity contribution in [2.75, 3.05) is 11.4 Å². The second kappa shape index (κ2) is 5.20. The van der Waals surface area contributed by atoms with E-state index in [2.05, 4.69) is 23.1 Å². The van der Waals surface area contributed by atoms with Gasteiger partial charge in [0.25, 0.3) is 0 Å². The molecule has 0 unspecified atom stereocenters. The molecular weight excluding hydrogens is 212 g/mol. The Bertz CT molecular complexity index is 432. The molecular formula is C14H18N2O. The highest BCUT2D eigenvalue weighted by Crippen LogP contribution is 2.34. The van der Waals surface area contributed by atoms with E-state index in [-0.39, 0.29) is 6.61 Å². The zero-order chi connectivity index (χ0) is 12.3. The maximum atomic E-state index is 9.43. The molecule has 1 aromatic carbocycles. The number of hydrogen-bond acceptors (Lipinski definition) is 3. The molecule has 1 aliphatic rings. The topological polar surface area (TPSA) is 47.3 Å². The molecule has 2 rings (SSSR count). The number of aryl methyl sites for hydroxylation is 1. The molecule has 1 saturated carbocycles. The lowest BCUT2D eigenvalue weighted by molar-refractivity contribution is 0.282. The minimum atomic E-state index is 0.0623. The Kier molecular flexibility index (Phi) is 3.65. The van der Waals surface area contributed by atoms with Crippen LogP contribution in [0.2, 0.25) is 0 Å². The first kappa shape index (κ1) is 11.9. The number of aliphatic hydroxyl groups is 1. The smallest absolute Gasteiger partial charge is 0.0702 e. The van der Waals surface area contributed by atoms with Crippen molar-refractivity contribution in [2.45, 2.75) is 38.8 Å². The summed E-state index contributed by atoms with van der Waals surface area (Å²) >= 11 is 0. The molecule has 0 spiro atoms. The highest BCUT2D eigenvalue weighted by atomic mass is 16.3. The highest BCUT2D eigenvalue weighted by molar-refractivity contribution is 5.56. The zero-order valence-corrected chi connectivity index (χ0v) is 10.2. The highest BCUT2D eigenvalue weighted by Gasteiger charge is 2.29. The minimum Gasteiger partial charge on any atom is -0.392 e. The Morgan fingerprint density at radius 3 is 2.82 bits per heavy atom. The summed E-state index contributed by atoms with van der Waals surface area (Å²) in [5.41, 5.74) is 3.22. The molecule has 17 heavy (non-hydrogen) atoms. The van der Waals surface area contributed by atoms with E-state index >= 15 is 0 Å². The summed E-state index contributed by atoms with van der Waals surface area (Å²) in [6.07, 6.45) is 2.93. The van der Waals surface area contributed by atoms with Crippen LogP contribution in [0.1, 0.15) is 30.4 Å². The van der Waals surface area contributed by atoms with Crippen molar-refractivity contribution < 1.29 is 5.11 Å². The van der Waals surface area contributed by atoms with Gasteiger partial charge >= 0.3 is 0 Å². The van der Waals surface area contributed by atoms with Gasteiger partial charge in [0, 0.05) is 23.8 Å². The summed E-state index contributed by atoms with van der Waals surface area (Å²) in [4.78, 5) is 2.27. The van der Waals surface area contributed by atoms with Crippen molar-refractivity contribution in [3.63, 3.8) is 0 Å². The average molecular weight is 230 g/mol. The second-order valence-corrected chi connectivity index (χ2v) is 4.62. The lowest BCUT2D eigenvalue weighted by Gasteiger charge is -2.26. The summed E-state index contributed by atoms with van der Waals surface area (Å²) in [6.45, 7) is 2.85. The minimum absolute atomic E-state index is 0.0623. The monoisotopic (exact) mass is 230 g/mol. The van der Waals surface area contributed by atoms with E-state index in [1.807, 2.05) is 13.0 Å². The van der Waals surface area contributed by atoms with Gasteiger partial charge in [0.05, 0.1) is 19.1 Å². The Hall–Kier alpha value is -1.53. The number of nitrogens with zero attached hydrogens (tertiary/aromatic N) is 2. The second-order valence-electron chi connectivity index (χ2n) is 4.62. The van der Waals surface area contributed by atoms with Crippen LogP contribution >= 0.6 is 0 Å². The third-order valence-electron chi connectivity index (χ3n) is 3.17. The van der Waals surface area contributed by atoms with Gasteiger partial charge in [0.2, 0.25) is 0 Å². The quantitative estimate of drug-likeness (QED) is 0.844. The van der Waals surface area contributed by atoms with Crippen LogP contribution in [0.4, 0.5) is 5.69 Å². The average Bonchev–Trinajstić information content (AvgIpc) is 3.15. The first-order chi connectivity index (χ1) is 8.26. The predicted octanol–water partition coefficient (Wildman–Crippen LogP) is 2.37. The fraction of sp³-hybridized carbons (Fsp3) is 0.500. The van der Waals surface area contributed by atoms with Gasteiger partial charge < -0.3 is 10.0 Å². The van der Waals surface area contributed by atoms with Crippen LogP contribution in [-0.2, 0) is 6.61 Å². The number of aliphatic hydroxyl groups excluding tert-OH is 1. The van der Waals surface area contributed by atoms with Crippen LogP contribution in [0.15, 0.2) is 18.2 Å². The molecule has 0 heterocycles. The molecule has 0 bridgehead atoms. The zero-order valence-electron chi connectivity index (χ0n) is 10.2. The number of nitriles is 1. The van der Waals surface area contributed by atoms with Crippen LogP contribution in [0.25, 0.3) is 0 Å². The fourth-order valence-electron chi connectivity index (χ4n) is 2.18. The van der Waals surface area contributed by atoms with Crippen molar-refractivity contribution in [1.29, 1.82) is 5.26 Å². The number of hydrogen-bond donors (Lipinski definition) is 1. The molecule has 1 aliphatic carbocycles. The lowest BCUT2D eigenvalue weighted by atomic mass is 10.1. The standard InChI is InChI=1S/C14H18N2O/c1-11-3-6-14(12(9-11)10-17)16(8-2-7-15)13-4-5-13/h3,6,9,13,17H,2,4-5,8,10H2,1H3.